The maximum absolute atomic E-state index is 13.0. The van der Waals surface area contributed by atoms with Gasteiger partial charge in [0.15, 0.2) is 5.76 Å². The molecule has 4 nitrogen and oxygen atoms in total. The highest BCUT2D eigenvalue weighted by atomic mass is 16.5. The summed E-state index contributed by atoms with van der Waals surface area (Å²) in [6.45, 7) is 6.55. The molecule has 0 bridgehead atoms. The molecule has 0 aliphatic carbocycles. The Morgan fingerprint density at radius 1 is 1.00 bits per heavy atom. The van der Waals surface area contributed by atoms with E-state index in [1.54, 1.807) is 7.11 Å². The summed E-state index contributed by atoms with van der Waals surface area (Å²) in [6.07, 6.45) is 5.44. The van der Waals surface area contributed by atoms with Crippen LogP contribution < -0.4 is 10.1 Å². The van der Waals surface area contributed by atoms with Crippen LogP contribution in [-0.2, 0) is 0 Å². The van der Waals surface area contributed by atoms with Crippen LogP contribution in [0.3, 0.4) is 0 Å². The summed E-state index contributed by atoms with van der Waals surface area (Å²) in [5, 5.41) is 4.15. The van der Waals surface area contributed by atoms with Gasteiger partial charge in [-0.2, -0.15) is 0 Å². The first-order valence-electron chi connectivity index (χ1n) is 11.1. The molecule has 2 aromatic carbocycles. The van der Waals surface area contributed by atoms with Gasteiger partial charge in [-0.15, -0.1) is 0 Å². The van der Waals surface area contributed by atoms with Crippen LogP contribution in [0.15, 0.2) is 52.9 Å². The third-order valence-corrected chi connectivity index (χ3v) is 5.81. The normalized spacial score (nSPS) is 12.3. The second kappa shape index (κ2) is 10.3. The second-order valence-corrected chi connectivity index (χ2v) is 7.86. The monoisotopic (exact) mass is 407 g/mol. The third kappa shape index (κ3) is 4.69. The number of rotatable bonds is 10. The Morgan fingerprint density at radius 3 is 2.37 bits per heavy atom. The van der Waals surface area contributed by atoms with Gasteiger partial charge >= 0.3 is 0 Å². The smallest absolute Gasteiger partial charge is 0.287 e. The molecule has 3 rings (SSSR count). The first kappa shape index (κ1) is 21.9. The Hall–Kier alpha value is -2.75. The SMILES string of the molecule is CCCC(CCC)[C@H](CC)NC(=O)c1cc2cccc(-c3ccccc3OC)c2o1. The number of benzene rings is 2. The van der Waals surface area contributed by atoms with E-state index in [2.05, 4.69) is 26.1 Å². The van der Waals surface area contributed by atoms with Crippen molar-refractivity contribution in [2.45, 2.75) is 58.9 Å². The summed E-state index contributed by atoms with van der Waals surface area (Å²) >= 11 is 0. The predicted molar refractivity (Wildman–Crippen MR) is 123 cm³/mol. The highest BCUT2D eigenvalue weighted by Gasteiger charge is 2.23. The molecule has 1 amide bonds. The van der Waals surface area contributed by atoms with E-state index in [0.717, 1.165) is 54.4 Å². The molecule has 0 spiro atoms. The fourth-order valence-corrected chi connectivity index (χ4v) is 4.34. The highest BCUT2D eigenvalue weighted by molar-refractivity contribution is 6.00. The molecular formula is C26H33NO3. The van der Waals surface area contributed by atoms with E-state index in [-0.39, 0.29) is 11.9 Å². The average molecular weight is 408 g/mol. The Labute approximate surface area is 179 Å². The maximum atomic E-state index is 13.0. The fraction of sp³-hybridized carbons (Fsp3) is 0.423. The molecule has 1 aromatic heterocycles. The lowest BCUT2D eigenvalue weighted by Crippen LogP contribution is -2.39. The molecule has 30 heavy (non-hydrogen) atoms. The number of para-hydroxylation sites is 2. The summed E-state index contributed by atoms with van der Waals surface area (Å²) < 4.78 is 11.6. The average Bonchev–Trinajstić information content (AvgIpc) is 3.22. The Kier molecular flexibility index (Phi) is 7.56. The molecule has 1 heterocycles. The van der Waals surface area contributed by atoms with E-state index in [9.17, 15) is 4.79 Å². The van der Waals surface area contributed by atoms with E-state index in [4.69, 9.17) is 9.15 Å². The summed E-state index contributed by atoms with van der Waals surface area (Å²) in [5.74, 6) is 1.50. The van der Waals surface area contributed by atoms with Gasteiger partial charge in [-0.05, 0) is 37.3 Å². The molecule has 0 radical (unpaired) electrons. The second-order valence-electron chi connectivity index (χ2n) is 7.86. The molecule has 4 heteroatoms. The van der Waals surface area contributed by atoms with Gasteiger partial charge in [0, 0.05) is 22.6 Å². The minimum absolute atomic E-state index is 0.138. The van der Waals surface area contributed by atoms with E-state index in [0.29, 0.717) is 17.3 Å². The molecule has 0 saturated carbocycles. The number of nitrogens with one attached hydrogen (secondary N) is 1. The van der Waals surface area contributed by atoms with Crippen molar-refractivity contribution in [2.75, 3.05) is 7.11 Å². The van der Waals surface area contributed by atoms with Crippen molar-refractivity contribution in [3.8, 4) is 16.9 Å². The van der Waals surface area contributed by atoms with Gasteiger partial charge in [0.2, 0.25) is 0 Å². The van der Waals surface area contributed by atoms with Crippen molar-refractivity contribution < 1.29 is 13.9 Å². The number of amides is 1. The molecule has 0 unspecified atom stereocenters. The van der Waals surface area contributed by atoms with Crippen LogP contribution in [0.4, 0.5) is 0 Å². The van der Waals surface area contributed by atoms with Gasteiger partial charge in [-0.25, -0.2) is 0 Å². The van der Waals surface area contributed by atoms with Crippen molar-refractivity contribution in [3.63, 3.8) is 0 Å². The number of furan rings is 1. The number of carbonyl (C=O) groups is 1. The first-order chi connectivity index (χ1) is 14.6. The first-order valence-corrected chi connectivity index (χ1v) is 11.1. The van der Waals surface area contributed by atoms with Crippen molar-refractivity contribution in [1.82, 2.24) is 5.32 Å². The van der Waals surface area contributed by atoms with Gasteiger partial charge in [-0.1, -0.05) is 70.0 Å². The van der Waals surface area contributed by atoms with E-state index in [1.807, 2.05) is 48.5 Å². The zero-order valence-corrected chi connectivity index (χ0v) is 18.5. The van der Waals surface area contributed by atoms with Gasteiger partial charge in [0.1, 0.15) is 11.3 Å². The summed E-state index contributed by atoms with van der Waals surface area (Å²) in [6, 6.07) is 15.8. The van der Waals surface area contributed by atoms with E-state index in [1.165, 1.54) is 0 Å². The largest absolute Gasteiger partial charge is 0.496 e. The van der Waals surface area contributed by atoms with Crippen molar-refractivity contribution in [3.05, 3.63) is 54.3 Å². The predicted octanol–water partition coefficient (Wildman–Crippen LogP) is 6.83. The number of methoxy groups -OCH3 is 1. The number of fused-ring (bicyclic) bond motifs is 1. The molecule has 0 saturated heterocycles. The Bertz CT molecular complexity index is 969. The lowest BCUT2D eigenvalue weighted by atomic mass is 9.89. The van der Waals surface area contributed by atoms with E-state index < -0.39 is 0 Å². The molecule has 1 N–H and O–H groups in total. The standard InChI is InChI=1S/C26H33NO3/c1-5-11-18(12-6-2)22(7-3)27-26(28)24-17-19-13-10-15-21(25(19)30-24)20-14-8-9-16-23(20)29-4/h8-10,13-18,22H,5-7,11-12H2,1-4H3,(H,27,28)/t22-/m0/s1. The lowest BCUT2D eigenvalue weighted by Gasteiger charge is -2.26. The quantitative estimate of drug-likeness (QED) is 0.400. The van der Waals surface area contributed by atoms with Crippen LogP contribution in [0.25, 0.3) is 22.1 Å². The van der Waals surface area contributed by atoms with Gasteiger partial charge in [0.25, 0.3) is 5.91 Å². The Balaban J connectivity index is 1.91. The minimum atomic E-state index is -0.138. The number of carbonyl (C=O) groups excluding carboxylic acids is 1. The van der Waals surface area contributed by atoms with Crippen LogP contribution in [-0.4, -0.2) is 19.1 Å². The summed E-state index contributed by atoms with van der Waals surface area (Å²) in [5.41, 5.74) is 2.58. The van der Waals surface area contributed by atoms with Crippen LogP contribution in [0.2, 0.25) is 0 Å². The summed E-state index contributed by atoms with van der Waals surface area (Å²) in [7, 11) is 1.66. The zero-order chi connectivity index (χ0) is 21.5. The summed E-state index contributed by atoms with van der Waals surface area (Å²) in [4.78, 5) is 13.0. The molecule has 1 atom stereocenters. The zero-order valence-electron chi connectivity index (χ0n) is 18.5. The number of hydrogen-bond donors (Lipinski definition) is 1. The van der Waals surface area contributed by atoms with E-state index >= 15 is 0 Å². The van der Waals surface area contributed by atoms with Crippen molar-refractivity contribution >= 4 is 16.9 Å². The van der Waals surface area contributed by atoms with Crippen molar-refractivity contribution in [1.29, 1.82) is 0 Å². The third-order valence-electron chi connectivity index (χ3n) is 5.81. The Morgan fingerprint density at radius 2 is 1.70 bits per heavy atom. The molecular weight excluding hydrogens is 374 g/mol. The minimum Gasteiger partial charge on any atom is -0.496 e. The molecule has 0 aliphatic heterocycles. The fourth-order valence-electron chi connectivity index (χ4n) is 4.34. The molecule has 3 aromatic rings. The maximum Gasteiger partial charge on any atom is 0.287 e. The van der Waals surface area contributed by atoms with Gasteiger partial charge in [0.05, 0.1) is 7.11 Å². The molecule has 0 fully saturated rings. The van der Waals surface area contributed by atoms with Crippen LogP contribution in [0, 0.1) is 5.92 Å². The highest BCUT2D eigenvalue weighted by Crippen LogP contribution is 2.36. The van der Waals surface area contributed by atoms with Crippen LogP contribution in [0.5, 0.6) is 5.75 Å². The molecule has 160 valence electrons. The number of ether oxygens (including phenoxy) is 1. The number of hydrogen-bond acceptors (Lipinski definition) is 3. The lowest BCUT2D eigenvalue weighted by molar-refractivity contribution is 0.0890. The van der Waals surface area contributed by atoms with Crippen molar-refractivity contribution in [2.24, 2.45) is 5.92 Å². The van der Waals surface area contributed by atoms with Gasteiger partial charge in [-0.3, -0.25) is 4.79 Å². The topological polar surface area (TPSA) is 51.5 Å². The van der Waals surface area contributed by atoms with Gasteiger partial charge < -0.3 is 14.5 Å². The molecule has 0 aliphatic rings. The van der Waals surface area contributed by atoms with Crippen LogP contribution >= 0.6 is 0 Å². The van der Waals surface area contributed by atoms with Crippen LogP contribution in [0.1, 0.15) is 63.4 Å².